The molecule has 0 saturated carbocycles. The minimum atomic E-state index is -0.992. The highest BCUT2D eigenvalue weighted by molar-refractivity contribution is 9.10. The van der Waals surface area contributed by atoms with Gasteiger partial charge >= 0.3 is 5.97 Å². The molecule has 0 aliphatic rings. The summed E-state index contributed by atoms with van der Waals surface area (Å²) in [7, 11) is 0. The molecular formula is C18H11BrN2O2. The van der Waals surface area contributed by atoms with Crippen LogP contribution in [0.3, 0.4) is 0 Å². The van der Waals surface area contributed by atoms with Gasteiger partial charge in [0.15, 0.2) is 5.82 Å². The fourth-order valence-corrected chi connectivity index (χ4v) is 3.26. The lowest BCUT2D eigenvalue weighted by Gasteiger charge is -2.09. The third kappa shape index (κ3) is 2.12. The molecule has 0 fully saturated rings. The van der Waals surface area contributed by atoms with Crippen molar-refractivity contribution in [2.24, 2.45) is 0 Å². The summed E-state index contributed by atoms with van der Waals surface area (Å²) >= 11 is 3.49. The van der Waals surface area contributed by atoms with Gasteiger partial charge in [-0.3, -0.25) is 4.57 Å². The molecule has 2 aromatic heterocycles. The van der Waals surface area contributed by atoms with Crippen LogP contribution in [0.4, 0.5) is 0 Å². The molecule has 0 aliphatic carbocycles. The minimum Gasteiger partial charge on any atom is -0.478 e. The summed E-state index contributed by atoms with van der Waals surface area (Å²) in [4.78, 5) is 15.9. The molecule has 5 heteroatoms. The summed E-state index contributed by atoms with van der Waals surface area (Å²) < 4.78 is 2.83. The average Bonchev–Trinajstić information content (AvgIpc) is 2.88. The Hall–Kier alpha value is -2.66. The SMILES string of the molecule is O=C(O)c1cccnc1-n1c2ccccc2c2ccc(Br)cc21. The van der Waals surface area contributed by atoms with Crippen LogP contribution in [0.2, 0.25) is 0 Å². The smallest absolute Gasteiger partial charge is 0.339 e. The van der Waals surface area contributed by atoms with E-state index in [1.165, 1.54) is 0 Å². The number of rotatable bonds is 2. The molecular weight excluding hydrogens is 356 g/mol. The van der Waals surface area contributed by atoms with E-state index in [0.29, 0.717) is 5.82 Å². The molecule has 2 aromatic carbocycles. The van der Waals surface area contributed by atoms with Crippen molar-refractivity contribution in [2.75, 3.05) is 0 Å². The summed E-state index contributed by atoms with van der Waals surface area (Å²) in [6, 6.07) is 17.1. The summed E-state index contributed by atoms with van der Waals surface area (Å²) in [5.41, 5.74) is 2.03. The third-order valence-electron chi connectivity index (χ3n) is 3.86. The van der Waals surface area contributed by atoms with Crippen LogP contribution in [-0.2, 0) is 0 Å². The van der Waals surface area contributed by atoms with Crippen LogP contribution in [0.5, 0.6) is 0 Å². The van der Waals surface area contributed by atoms with E-state index in [2.05, 4.69) is 20.9 Å². The predicted octanol–water partition coefficient (Wildman–Crippen LogP) is 4.64. The molecule has 0 bridgehead atoms. The first-order valence-corrected chi connectivity index (χ1v) is 7.83. The Morgan fingerprint density at radius 2 is 1.78 bits per heavy atom. The highest BCUT2D eigenvalue weighted by atomic mass is 79.9. The number of benzene rings is 2. The minimum absolute atomic E-state index is 0.176. The van der Waals surface area contributed by atoms with E-state index in [-0.39, 0.29) is 5.56 Å². The molecule has 0 unspecified atom stereocenters. The van der Waals surface area contributed by atoms with Crippen molar-refractivity contribution >= 4 is 43.7 Å². The van der Waals surface area contributed by atoms with E-state index in [9.17, 15) is 9.90 Å². The third-order valence-corrected chi connectivity index (χ3v) is 4.36. The summed E-state index contributed by atoms with van der Waals surface area (Å²) in [6.07, 6.45) is 1.61. The van der Waals surface area contributed by atoms with Gasteiger partial charge in [-0.25, -0.2) is 9.78 Å². The molecule has 0 aliphatic heterocycles. The number of para-hydroxylation sites is 1. The molecule has 4 aromatic rings. The molecule has 112 valence electrons. The van der Waals surface area contributed by atoms with Crippen LogP contribution in [0.25, 0.3) is 27.6 Å². The maximum atomic E-state index is 11.6. The zero-order valence-corrected chi connectivity index (χ0v) is 13.5. The molecule has 1 N–H and O–H groups in total. The van der Waals surface area contributed by atoms with Crippen molar-refractivity contribution in [1.82, 2.24) is 9.55 Å². The monoisotopic (exact) mass is 366 g/mol. The van der Waals surface area contributed by atoms with Crippen molar-refractivity contribution in [1.29, 1.82) is 0 Å². The number of pyridine rings is 1. The molecule has 0 atom stereocenters. The van der Waals surface area contributed by atoms with Crippen molar-refractivity contribution in [3.63, 3.8) is 0 Å². The van der Waals surface area contributed by atoms with Gasteiger partial charge in [0.2, 0.25) is 0 Å². The van der Waals surface area contributed by atoms with Gasteiger partial charge < -0.3 is 5.11 Å². The van der Waals surface area contributed by atoms with Crippen LogP contribution < -0.4 is 0 Å². The quantitative estimate of drug-likeness (QED) is 0.562. The van der Waals surface area contributed by atoms with Crippen molar-refractivity contribution in [2.45, 2.75) is 0 Å². The molecule has 0 saturated heterocycles. The molecule has 0 spiro atoms. The Bertz CT molecular complexity index is 1070. The van der Waals surface area contributed by atoms with Crippen LogP contribution in [0.15, 0.2) is 65.3 Å². The Labute approximate surface area is 140 Å². The van der Waals surface area contributed by atoms with E-state index in [0.717, 1.165) is 26.3 Å². The first kappa shape index (κ1) is 14.0. The molecule has 4 nitrogen and oxygen atoms in total. The van der Waals surface area contributed by atoms with Gasteiger partial charge in [0, 0.05) is 21.4 Å². The summed E-state index contributed by atoms with van der Waals surface area (Å²) in [6.45, 7) is 0. The number of hydrogen-bond donors (Lipinski definition) is 1. The Morgan fingerprint density at radius 3 is 2.61 bits per heavy atom. The fourth-order valence-electron chi connectivity index (χ4n) is 2.91. The van der Waals surface area contributed by atoms with Crippen LogP contribution in [0, 0.1) is 0 Å². The number of fused-ring (bicyclic) bond motifs is 3. The number of nitrogens with zero attached hydrogens (tertiary/aromatic N) is 2. The second-order valence-corrected chi connectivity index (χ2v) is 6.11. The first-order chi connectivity index (χ1) is 11.2. The largest absolute Gasteiger partial charge is 0.478 e. The lowest BCUT2D eigenvalue weighted by atomic mass is 10.2. The van der Waals surface area contributed by atoms with Gasteiger partial charge in [0.1, 0.15) is 5.56 Å². The number of carboxylic acids is 1. The molecule has 0 radical (unpaired) electrons. The second-order valence-electron chi connectivity index (χ2n) is 5.19. The van der Waals surface area contributed by atoms with Crippen molar-refractivity contribution in [3.05, 3.63) is 70.8 Å². The normalized spacial score (nSPS) is 11.2. The number of carboxylic acid groups (broad SMARTS) is 1. The van der Waals surface area contributed by atoms with Crippen LogP contribution in [0.1, 0.15) is 10.4 Å². The van der Waals surface area contributed by atoms with E-state index in [4.69, 9.17) is 0 Å². The molecule has 2 heterocycles. The van der Waals surface area contributed by atoms with Gasteiger partial charge in [-0.15, -0.1) is 0 Å². The predicted molar refractivity (Wildman–Crippen MR) is 93.2 cm³/mol. The van der Waals surface area contributed by atoms with Gasteiger partial charge in [-0.1, -0.05) is 40.2 Å². The molecule has 23 heavy (non-hydrogen) atoms. The molecule has 0 amide bonds. The number of aromatic nitrogens is 2. The lowest BCUT2D eigenvalue weighted by Crippen LogP contribution is -2.07. The van der Waals surface area contributed by atoms with E-state index in [1.807, 2.05) is 47.0 Å². The first-order valence-electron chi connectivity index (χ1n) is 7.04. The Morgan fingerprint density at radius 1 is 1.00 bits per heavy atom. The van der Waals surface area contributed by atoms with Gasteiger partial charge in [-0.05, 0) is 30.3 Å². The number of halogens is 1. The zero-order chi connectivity index (χ0) is 16.0. The number of aromatic carboxylic acids is 1. The molecule has 4 rings (SSSR count). The highest BCUT2D eigenvalue weighted by Crippen LogP contribution is 2.33. The lowest BCUT2D eigenvalue weighted by molar-refractivity contribution is 0.0696. The van der Waals surface area contributed by atoms with Gasteiger partial charge in [-0.2, -0.15) is 0 Å². The number of carbonyl (C=O) groups is 1. The average molecular weight is 367 g/mol. The van der Waals surface area contributed by atoms with Gasteiger partial charge in [0.25, 0.3) is 0 Å². The zero-order valence-electron chi connectivity index (χ0n) is 11.9. The van der Waals surface area contributed by atoms with E-state index in [1.54, 1.807) is 18.3 Å². The maximum absolute atomic E-state index is 11.6. The van der Waals surface area contributed by atoms with Gasteiger partial charge in [0.05, 0.1) is 11.0 Å². The Balaban J connectivity index is 2.22. The van der Waals surface area contributed by atoms with E-state index >= 15 is 0 Å². The summed E-state index contributed by atoms with van der Waals surface area (Å²) in [5, 5.41) is 11.6. The second kappa shape index (κ2) is 5.21. The standard InChI is InChI=1S/C18H11BrN2O2/c19-11-7-8-13-12-4-1-2-6-15(12)21(16(13)10-11)17-14(18(22)23)5-3-9-20-17/h1-10H,(H,22,23). The maximum Gasteiger partial charge on any atom is 0.339 e. The topological polar surface area (TPSA) is 55.1 Å². The van der Waals surface area contributed by atoms with Crippen molar-refractivity contribution < 1.29 is 9.90 Å². The number of hydrogen-bond acceptors (Lipinski definition) is 2. The van der Waals surface area contributed by atoms with Crippen LogP contribution in [-0.4, -0.2) is 20.6 Å². The van der Waals surface area contributed by atoms with Crippen LogP contribution >= 0.6 is 15.9 Å². The van der Waals surface area contributed by atoms with E-state index < -0.39 is 5.97 Å². The highest BCUT2D eigenvalue weighted by Gasteiger charge is 2.18. The summed E-state index contributed by atoms with van der Waals surface area (Å²) in [5.74, 6) is -0.571. The van der Waals surface area contributed by atoms with Crippen molar-refractivity contribution in [3.8, 4) is 5.82 Å². The fraction of sp³-hybridized carbons (Fsp3) is 0. The Kier molecular flexibility index (Phi) is 3.16.